The second-order valence-corrected chi connectivity index (χ2v) is 7.69. The van der Waals surface area contributed by atoms with Crippen LogP contribution in [0.5, 0.6) is 0 Å². The summed E-state index contributed by atoms with van der Waals surface area (Å²) in [7, 11) is -3.29. The molecule has 118 valence electrons. The molecular weight excluding hydrogens is 280 g/mol. The molecule has 0 aromatic rings. The highest BCUT2D eigenvalue weighted by molar-refractivity contribution is 7.88. The third kappa shape index (κ3) is 6.17. The van der Waals surface area contributed by atoms with E-state index in [4.69, 9.17) is 0 Å². The first kappa shape index (κ1) is 17.4. The predicted octanol–water partition coefficient (Wildman–Crippen LogP) is -1.28. The molecule has 3 N–H and O–H groups in total. The van der Waals surface area contributed by atoms with Crippen LogP contribution in [0, 0.1) is 0 Å². The Labute approximate surface area is 121 Å². The molecule has 0 aromatic heterocycles. The van der Waals surface area contributed by atoms with E-state index in [1.54, 1.807) is 13.8 Å². The van der Waals surface area contributed by atoms with Crippen LogP contribution >= 0.6 is 0 Å². The fourth-order valence-corrected chi connectivity index (χ4v) is 3.30. The fourth-order valence-electron chi connectivity index (χ4n) is 2.23. The largest absolute Gasteiger partial charge is 0.353 e. The molecule has 1 amide bonds. The molecule has 0 bridgehead atoms. The number of sulfonamides is 1. The van der Waals surface area contributed by atoms with Gasteiger partial charge in [0.1, 0.15) is 0 Å². The maximum Gasteiger partial charge on any atom is 0.237 e. The number of piperazine rings is 1. The number of carbonyl (C=O) groups excluding carboxylic acids is 1. The van der Waals surface area contributed by atoms with Gasteiger partial charge in [0.25, 0.3) is 0 Å². The van der Waals surface area contributed by atoms with Crippen molar-refractivity contribution in [2.75, 3.05) is 39.0 Å². The molecule has 0 spiro atoms. The minimum Gasteiger partial charge on any atom is -0.353 e. The standard InChI is InChI=1S/C12H26N4O3S/c1-10(16-7-5-13-6-8-16)11(17)14-9-12(2,3)15-20(4,18)19/h10,13,15H,5-9H2,1-4H3,(H,14,17). The number of hydrogen-bond acceptors (Lipinski definition) is 5. The molecule has 0 saturated carbocycles. The summed E-state index contributed by atoms with van der Waals surface area (Å²) in [6.07, 6.45) is 1.11. The molecule has 1 fully saturated rings. The van der Waals surface area contributed by atoms with Crippen molar-refractivity contribution in [2.24, 2.45) is 0 Å². The molecule has 8 heteroatoms. The first-order valence-corrected chi connectivity index (χ1v) is 8.71. The number of amides is 1. The van der Waals surface area contributed by atoms with Crippen LogP contribution in [0.4, 0.5) is 0 Å². The Morgan fingerprint density at radius 1 is 1.35 bits per heavy atom. The molecule has 0 radical (unpaired) electrons. The van der Waals surface area contributed by atoms with Gasteiger partial charge in [-0.15, -0.1) is 0 Å². The lowest BCUT2D eigenvalue weighted by Crippen LogP contribution is -2.56. The van der Waals surface area contributed by atoms with Crippen LogP contribution < -0.4 is 15.4 Å². The highest BCUT2D eigenvalue weighted by Gasteiger charge is 2.26. The summed E-state index contributed by atoms with van der Waals surface area (Å²) in [5.74, 6) is -0.0738. The smallest absolute Gasteiger partial charge is 0.237 e. The average molecular weight is 306 g/mol. The van der Waals surface area contributed by atoms with Crippen molar-refractivity contribution in [2.45, 2.75) is 32.4 Å². The van der Waals surface area contributed by atoms with Crippen LogP contribution in [0.1, 0.15) is 20.8 Å². The van der Waals surface area contributed by atoms with Crippen molar-refractivity contribution in [3.63, 3.8) is 0 Å². The van der Waals surface area contributed by atoms with Gasteiger partial charge in [0, 0.05) is 38.3 Å². The van der Waals surface area contributed by atoms with Crippen molar-refractivity contribution in [1.82, 2.24) is 20.3 Å². The summed E-state index contributed by atoms with van der Waals surface area (Å²) in [5, 5.41) is 6.06. The minimum absolute atomic E-state index is 0.0738. The van der Waals surface area contributed by atoms with E-state index in [-0.39, 0.29) is 18.5 Å². The number of carbonyl (C=O) groups is 1. The summed E-state index contributed by atoms with van der Waals surface area (Å²) in [6.45, 7) is 9.08. The number of nitrogens with zero attached hydrogens (tertiary/aromatic N) is 1. The average Bonchev–Trinajstić information content (AvgIpc) is 2.33. The molecular formula is C12H26N4O3S. The van der Waals surface area contributed by atoms with Crippen molar-refractivity contribution in [3.8, 4) is 0 Å². The lowest BCUT2D eigenvalue weighted by molar-refractivity contribution is -0.126. The molecule has 1 heterocycles. The van der Waals surface area contributed by atoms with Gasteiger partial charge >= 0.3 is 0 Å². The zero-order valence-electron chi connectivity index (χ0n) is 12.7. The van der Waals surface area contributed by atoms with Gasteiger partial charge in [-0.1, -0.05) is 0 Å². The topological polar surface area (TPSA) is 90.5 Å². The molecule has 1 aliphatic heterocycles. The molecule has 1 aliphatic rings. The summed E-state index contributed by atoms with van der Waals surface area (Å²) < 4.78 is 25.0. The highest BCUT2D eigenvalue weighted by Crippen LogP contribution is 2.04. The second-order valence-electron chi connectivity index (χ2n) is 5.94. The summed E-state index contributed by atoms with van der Waals surface area (Å²) >= 11 is 0. The molecule has 1 atom stereocenters. The zero-order chi connectivity index (χ0) is 15.4. The number of hydrogen-bond donors (Lipinski definition) is 3. The molecule has 20 heavy (non-hydrogen) atoms. The van der Waals surface area contributed by atoms with E-state index in [1.165, 1.54) is 0 Å². The van der Waals surface area contributed by atoms with Crippen LogP contribution in [0.3, 0.4) is 0 Å². The molecule has 1 saturated heterocycles. The van der Waals surface area contributed by atoms with E-state index in [9.17, 15) is 13.2 Å². The summed E-state index contributed by atoms with van der Waals surface area (Å²) in [6, 6.07) is -0.203. The van der Waals surface area contributed by atoms with Crippen LogP contribution in [-0.4, -0.2) is 69.8 Å². The van der Waals surface area contributed by atoms with E-state index in [0.29, 0.717) is 0 Å². The van der Waals surface area contributed by atoms with E-state index in [1.807, 2.05) is 6.92 Å². The highest BCUT2D eigenvalue weighted by atomic mass is 32.2. The SMILES string of the molecule is CC(C(=O)NCC(C)(C)NS(C)(=O)=O)N1CCNCC1. The summed E-state index contributed by atoms with van der Waals surface area (Å²) in [5.41, 5.74) is -0.702. The maximum atomic E-state index is 12.1. The van der Waals surface area contributed by atoms with E-state index in [0.717, 1.165) is 32.4 Å². The Bertz CT molecular complexity index is 430. The number of nitrogens with one attached hydrogen (secondary N) is 3. The Kier molecular flexibility index (Phi) is 5.93. The van der Waals surface area contributed by atoms with Crippen LogP contribution in [0.25, 0.3) is 0 Å². The Morgan fingerprint density at radius 3 is 2.40 bits per heavy atom. The van der Waals surface area contributed by atoms with Crippen LogP contribution in [0.2, 0.25) is 0 Å². The van der Waals surface area contributed by atoms with Gasteiger partial charge in [-0.25, -0.2) is 13.1 Å². The molecule has 7 nitrogen and oxygen atoms in total. The van der Waals surface area contributed by atoms with Gasteiger partial charge in [0.2, 0.25) is 15.9 Å². The lowest BCUT2D eigenvalue weighted by atomic mass is 10.1. The first-order chi connectivity index (χ1) is 9.11. The van der Waals surface area contributed by atoms with Gasteiger partial charge in [0.05, 0.1) is 12.3 Å². The van der Waals surface area contributed by atoms with Gasteiger partial charge in [0.15, 0.2) is 0 Å². The number of rotatable bonds is 6. The molecule has 0 aliphatic carbocycles. The van der Waals surface area contributed by atoms with Gasteiger partial charge in [-0.2, -0.15) is 0 Å². The van der Waals surface area contributed by atoms with Gasteiger partial charge < -0.3 is 10.6 Å². The van der Waals surface area contributed by atoms with E-state index >= 15 is 0 Å². The Hall–Kier alpha value is -0.700. The van der Waals surface area contributed by atoms with Crippen molar-refractivity contribution >= 4 is 15.9 Å². The third-order valence-corrected chi connectivity index (χ3v) is 4.17. The van der Waals surface area contributed by atoms with Crippen molar-refractivity contribution < 1.29 is 13.2 Å². The van der Waals surface area contributed by atoms with E-state index < -0.39 is 15.6 Å². The zero-order valence-corrected chi connectivity index (χ0v) is 13.5. The van der Waals surface area contributed by atoms with Gasteiger partial charge in [-0.3, -0.25) is 9.69 Å². The maximum absolute atomic E-state index is 12.1. The predicted molar refractivity (Wildman–Crippen MR) is 79.0 cm³/mol. The quantitative estimate of drug-likeness (QED) is 0.569. The van der Waals surface area contributed by atoms with Crippen molar-refractivity contribution in [3.05, 3.63) is 0 Å². The first-order valence-electron chi connectivity index (χ1n) is 6.82. The van der Waals surface area contributed by atoms with Crippen LogP contribution in [0.15, 0.2) is 0 Å². The van der Waals surface area contributed by atoms with Crippen molar-refractivity contribution in [1.29, 1.82) is 0 Å². The minimum atomic E-state index is -3.29. The second kappa shape index (κ2) is 6.84. The molecule has 0 aromatic carbocycles. The third-order valence-electron chi connectivity index (χ3n) is 3.25. The Balaban J connectivity index is 2.45. The fraction of sp³-hybridized carbons (Fsp3) is 0.917. The summed E-state index contributed by atoms with van der Waals surface area (Å²) in [4.78, 5) is 14.2. The van der Waals surface area contributed by atoms with Gasteiger partial charge in [-0.05, 0) is 20.8 Å². The normalized spacial score (nSPS) is 19.6. The van der Waals surface area contributed by atoms with E-state index in [2.05, 4.69) is 20.3 Å². The lowest BCUT2D eigenvalue weighted by Gasteiger charge is -2.33. The monoisotopic (exact) mass is 306 g/mol. The molecule has 1 unspecified atom stereocenters. The van der Waals surface area contributed by atoms with Crippen LogP contribution in [-0.2, 0) is 14.8 Å². The Morgan fingerprint density at radius 2 is 1.90 bits per heavy atom. The molecule has 1 rings (SSSR count).